The zero-order valence-electron chi connectivity index (χ0n) is 22.7. The van der Waals surface area contributed by atoms with E-state index in [0.29, 0.717) is 16.8 Å². The molecule has 0 radical (unpaired) electrons. The van der Waals surface area contributed by atoms with Crippen LogP contribution in [0.5, 0.6) is 0 Å². The summed E-state index contributed by atoms with van der Waals surface area (Å²) in [5.41, 5.74) is 2.66. The van der Waals surface area contributed by atoms with Crippen LogP contribution in [0.15, 0.2) is 85.1 Å². The largest absolute Gasteiger partial charge is 0.455 e. The third kappa shape index (κ3) is 4.96. The molecule has 3 amide bonds. The molecule has 3 aromatic carbocycles. The van der Waals surface area contributed by atoms with E-state index < -0.39 is 35.8 Å². The van der Waals surface area contributed by atoms with Crippen LogP contribution in [0.1, 0.15) is 65.6 Å². The molecule has 202 valence electrons. The third-order valence-electron chi connectivity index (χ3n) is 6.95. The normalized spacial score (nSPS) is 14.6. The van der Waals surface area contributed by atoms with Crippen molar-refractivity contribution < 1.29 is 23.9 Å². The van der Waals surface area contributed by atoms with Crippen LogP contribution >= 0.6 is 0 Å². The average molecular weight is 536 g/mol. The van der Waals surface area contributed by atoms with Crippen LogP contribution in [0.25, 0.3) is 10.9 Å². The minimum Gasteiger partial charge on any atom is -0.455 e. The van der Waals surface area contributed by atoms with Gasteiger partial charge in [0.05, 0.1) is 22.3 Å². The van der Waals surface area contributed by atoms with Crippen molar-refractivity contribution >= 4 is 40.3 Å². The van der Waals surface area contributed by atoms with Crippen molar-refractivity contribution in [3.63, 3.8) is 0 Å². The Kier molecular flexibility index (Phi) is 6.94. The predicted octanol–water partition coefficient (Wildman–Crippen LogP) is 5.44. The molecule has 1 aromatic heterocycles. The Bertz CT molecular complexity index is 1600. The van der Waals surface area contributed by atoms with Gasteiger partial charge in [0, 0.05) is 18.5 Å². The number of carbonyl (C=O) groups is 4. The third-order valence-corrected chi connectivity index (χ3v) is 6.95. The summed E-state index contributed by atoms with van der Waals surface area (Å²) in [5, 5.41) is 3.65. The summed E-state index contributed by atoms with van der Waals surface area (Å²) in [6, 6.07) is 21.1. The van der Waals surface area contributed by atoms with E-state index in [2.05, 4.69) is 31.1 Å². The highest BCUT2D eigenvalue weighted by atomic mass is 16.5. The number of esters is 1. The van der Waals surface area contributed by atoms with Gasteiger partial charge in [-0.25, -0.2) is 0 Å². The maximum atomic E-state index is 14.1. The number of para-hydroxylation sites is 1. The summed E-state index contributed by atoms with van der Waals surface area (Å²) < 4.78 is 5.72. The summed E-state index contributed by atoms with van der Waals surface area (Å²) in [5.74, 6) is -2.63. The molecule has 1 aliphatic heterocycles. The molecule has 1 aliphatic rings. The number of benzene rings is 3. The number of pyridine rings is 1. The Balaban J connectivity index is 1.63. The first kappa shape index (κ1) is 26.7. The summed E-state index contributed by atoms with van der Waals surface area (Å²) in [6.45, 7) is 7.43. The fraction of sp³-hybridized carbons (Fsp3) is 0.219. The molecule has 2 atom stereocenters. The molecule has 0 saturated heterocycles. The van der Waals surface area contributed by atoms with E-state index in [-0.39, 0.29) is 16.5 Å². The van der Waals surface area contributed by atoms with E-state index in [4.69, 9.17) is 4.74 Å². The highest BCUT2D eigenvalue weighted by Crippen LogP contribution is 2.34. The van der Waals surface area contributed by atoms with Gasteiger partial charge in [-0.2, -0.15) is 0 Å². The number of anilines is 1. The van der Waals surface area contributed by atoms with Crippen LogP contribution < -0.4 is 5.32 Å². The molecule has 0 bridgehead atoms. The molecular weight excluding hydrogens is 506 g/mol. The van der Waals surface area contributed by atoms with E-state index in [1.807, 2.05) is 24.3 Å². The average Bonchev–Trinajstić information content (AvgIpc) is 3.18. The predicted molar refractivity (Wildman–Crippen MR) is 151 cm³/mol. The smallest absolute Gasteiger partial charge is 0.303 e. The van der Waals surface area contributed by atoms with Crippen molar-refractivity contribution in [3.05, 3.63) is 107 Å². The number of carbonyl (C=O) groups excluding carboxylic acids is 4. The Labute approximate surface area is 232 Å². The number of nitrogens with one attached hydrogen (secondary N) is 1. The van der Waals surface area contributed by atoms with Crippen molar-refractivity contribution in [2.75, 3.05) is 5.32 Å². The van der Waals surface area contributed by atoms with Gasteiger partial charge in [-0.05, 0) is 40.8 Å². The fourth-order valence-electron chi connectivity index (χ4n) is 4.93. The highest BCUT2D eigenvalue weighted by Gasteiger charge is 2.48. The van der Waals surface area contributed by atoms with Crippen molar-refractivity contribution in [2.24, 2.45) is 0 Å². The Morgan fingerprint density at radius 2 is 1.48 bits per heavy atom. The van der Waals surface area contributed by atoms with Gasteiger partial charge < -0.3 is 10.1 Å². The van der Waals surface area contributed by atoms with E-state index in [9.17, 15) is 19.2 Å². The molecule has 4 aromatic rings. The molecule has 1 N–H and O–H groups in total. The first-order chi connectivity index (χ1) is 19.1. The lowest BCUT2D eigenvalue weighted by Crippen LogP contribution is -2.51. The minimum atomic E-state index is -1.50. The Morgan fingerprint density at radius 1 is 0.850 bits per heavy atom. The number of ether oxygens (including phenoxy) is 1. The van der Waals surface area contributed by atoms with Crippen LogP contribution in [-0.2, 0) is 19.7 Å². The minimum absolute atomic E-state index is 0.143. The monoisotopic (exact) mass is 535 g/mol. The summed E-state index contributed by atoms with van der Waals surface area (Å²) >= 11 is 0. The number of rotatable bonds is 6. The van der Waals surface area contributed by atoms with Crippen LogP contribution in [-0.4, -0.2) is 39.6 Å². The van der Waals surface area contributed by atoms with Crippen LogP contribution in [0, 0.1) is 0 Å². The van der Waals surface area contributed by atoms with E-state index >= 15 is 0 Å². The molecule has 0 saturated carbocycles. The Hall–Kier alpha value is -4.85. The van der Waals surface area contributed by atoms with E-state index in [1.54, 1.807) is 48.7 Å². The molecule has 0 fully saturated rings. The maximum absolute atomic E-state index is 14.1. The maximum Gasteiger partial charge on any atom is 0.303 e. The van der Waals surface area contributed by atoms with E-state index in [0.717, 1.165) is 15.8 Å². The summed E-state index contributed by atoms with van der Waals surface area (Å²) in [7, 11) is 0. The number of nitrogens with zero attached hydrogens (tertiary/aromatic N) is 2. The number of hydrogen-bond acceptors (Lipinski definition) is 6. The highest BCUT2D eigenvalue weighted by molar-refractivity contribution is 6.23. The van der Waals surface area contributed by atoms with Crippen molar-refractivity contribution in [1.82, 2.24) is 9.88 Å². The first-order valence-electron chi connectivity index (χ1n) is 13.0. The van der Waals surface area contributed by atoms with Gasteiger partial charge in [0.15, 0.2) is 12.1 Å². The molecule has 0 spiro atoms. The van der Waals surface area contributed by atoms with Crippen molar-refractivity contribution in [2.45, 2.75) is 45.3 Å². The number of fused-ring (bicyclic) bond motifs is 2. The zero-order valence-corrected chi connectivity index (χ0v) is 22.7. The molecule has 8 heteroatoms. The Morgan fingerprint density at radius 3 is 2.08 bits per heavy atom. The molecule has 2 heterocycles. The quantitative estimate of drug-likeness (QED) is 0.260. The lowest BCUT2D eigenvalue weighted by Gasteiger charge is -2.32. The van der Waals surface area contributed by atoms with Crippen LogP contribution in [0.4, 0.5) is 5.69 Å². The number of aromatic nitrogens is 1. The molecule has 0 unspecified atom stereocenters. The van der Waals surface area contributed by atoms with Crippen molar-refractivity contribution in [1.29, 1.82) is 0 Å². The second-order valence-electron chi connectivity index (χ2n) is 10.7. The zero-order chi connectivity index (χ0) is 28.6. The van der Waals surface area contributed by atoms with Gasteiger partial charge in [0.25, 0.3) is 17.7 Å². The fourth-order valence-corrected chi connectivity index (χ4v) is 4.93. The first-order valence-corrected chi connectivity index (χ1v) is 13.0. The molecule has 40 heavy (non-hydrogen) atoms. The van der Waals surface area contributed by atoms with Gasteiger partial charge in [-0.1, -0.05) is 75.4 Å². The number of imide groups is 1. The number of hydrogen-bond donors (Lipinski definition) is 1. The second kappa shape index (κ2) is 10.4. The number of amides is 3. The molecule has 8 nitrogen and oxygen atoms in total. The molecular formula is C32H29N3O5. The topological polar surface area (TPSA) is 106 Å². The lowest BCUT2D eigenvalue weighted by molar-refractivity contribution is -0.151. The SMILES string of the molecule is CC(=O)O[C@@H](c1ccc(C(C)(C)C)cc1)[C@@H](C(=O)Nc1cccc2cccnc12)N1C(=O)c2ccccc2C1=O. The van der Waals surface area contributed by atoms with Gasteiger partial charge >= 0.3 is 5.97 Å². The summed E-state index contributed by atoms with van der Waals surface area (Å²) in [4.78, 5) is 59.0. The second-order valence-corrected chi connectivity index (χ2v) is 10.7. The molecule has 0 aliphatic carbocycles. The van der Waals surface area contributed by atoms with Crippen LogP contribution in [0.3, 0.4) is 0 Å². The molecule has 5 rings (SSSR count). The van der Waals surface area contributed by atoms with Crippen LogP contribution in [0.2, 0.25) is 0 Å². The van der Waals surface area contributed by atoms with Gasteiger partial charge in [0.2, 0.25) is 0 Å². The van der Waals surface area contributed by atoms with Gasteiger partial charge in [-0.3, -0.25) is 29.1 Å². The van der Waals surface area contributed by atoms with E-state index in [1.165, 1.54) is 19.1 Å². The van der Waals surface area contributed by atoms with Crippen molar-refractivity contribution in [3.8, 4) is 0 Å². The standard InChI is InChI=1S/C32H29N3O5/c1-19(36)40-28(21-14-16-22(17-15-21)32(2,3)4)27(35-30(38)23-11-5-6-12-24(23)31(35)39)29(37)34-25-13-7-9-20-10-8-18-33-26(20)25/h5-18,27-28H,1-4H3,(H,34,37)/t27-,28-/m0/s1. The van der Waals surface area contributed by atoms with Gasteiger partial charge in [0.1, 0.15) is 0 Å². The van der Waals surface area contributed by atoms with Gasteiger partial charge in [-0.15, -0.1) is 0 Å². The summed E-state index contributed by atoms with van der Waals surface area (Å²) in [6.07, 6.45) is 0.342. The lowest BCUT2D eigenvalue weighted by atomic mass is 9.86.